The van der Waals surface area contributed by atoms with E-state index in [4.69, 9.17) is 0 Å². The summed E-state index contributed by atoms with van der Waals surface area (Å²) in [6.45, 7) is 2.08. The molecule has 0 heterocycles. The highest BCUT2D eigenvalue weighted by Crippen LogP contribution is 2.47. The molecule has 0 spiro atoms. The third-order valence-corrected chi connectivity index (χ3v) is 7.21. The summed E-state index contributed by atoms with van der Waals surface area (Å²) in [6, 6.07) is 27.6. The average molecular weight is 446 g/mol. The van der Waals surface area contributed by atoms with Gasteiger partial charge in [0.25, 0.3) is 0 Å². The van der Waals surface area contributed by atoms with Crippen LogP contribution in [0.25, 0.3) is 22.3 Å². The first-order chi connectivity index (χ1) is 15.6. The van der Waals surface area contributed by atoms with Crippen LogP contribution in [-0.4, -0.2) is 5.11 Å². The highest BCUT2D eigenvalue weighted by molar-refractivity contribution is 7.47. The number of halogens is 2. The summed E-state index contributed by atoms with van der Waals surface area (Å²) in [6.07, 6.45) is 1.67. The first kappa shape index (κ1) is 22.2. The molecule has 0 saturated heterocycles. The molecule has 0 aliphatic heterocycles. The highest BCUT2D eigenvalue weighted by Gasteiger charge is 2.21. The SMILES string of the molecule is CCCC(Pc1ccc(F)cc1F)c1cc(-c2ccccc2)cc(-c2ccccc2)c1O. The Balaban J connectivity index is 1.86. The van der Waals surface area contributed by atoms with Crippen LogP contribution < -0.4 is 5.30 Å². The summed E-state index contributed by atoms with van der Waals surface area (Å²) in [5.74, 6) is -0.890. The minimum Gasteiger partial charge on any atom is -0.507 e. The van der Waals surface area contributed by atoms with E-state index in [0.717, 1.165) is 46.7 Å². The molecule has 4 heteroatoms. The van der Waals surface area contributed by atoms with Crippen LogP contribution in [0.2, 0.25) is 0 Å². The minimum absolute atomic E-state index is 0.0777. The van der Waals surface area contributed by atoms with E-state index in [9.17, 15) is 13.9 Å². The molecule has 0 aromatic heterocycles. The van der Waals surface area contributed by atoms with E-state index in [0.29, 0.717) is 5.30 Å². The van der Waals surface area contributed by atoms with Gasteiger partial charge in [-0.25, -0.2) is 8.78 Å². The van der Waals surface area contributed by atoms with E-state index in [2.05, 4.69) is 6.92 Å². The predicted molar refractivity (Wildman–Crippen MR) is 131 cm³/mol. The van der Waals surface area contributed by atoms with Gasteiger partial charge in [-0.2, -0.15) is 0 Å². The second-order valence-corrected chi connectivity index (χ2v) is 9.33. The zero-order valence-electron chi connectivity index (χ0n) is 17.9. The molecule has 1 N–H and O–H groups in total. The van der Waals surface area contributed by atoms with Gasteiger partial charge in [-0.3, -0.25) is 0 Å². The van der Waals surface area contributed by atoms with Crippen molar-refractivity contribution in [1.29, 1.82) is 0 Å². The second-order valence-electron chi connectivity index (χ2n) is 7.80. The Kier molecular flexibility index (Phi) is 6.97. The number of rotatable bonds is 7. The van der Waals surface area contributed by atoms with Gasteiger partial charge in [0.15, 0.2) is 0 Å². The van der Waals surface area contributed by atoms with Gasteiger partial charge in [0.2, 0.25) is 0 Å². The van der Waals surface area contributed by atoms with E-state index in [1.54, 1.807) is 0 Å². The molecule has 0 radical (unpaired) electrons. The van der Waals surface area contributed by atoms with Crippen LogP contribution >= 0.6 is 8.58 Å². The van der Waals surface area contributed by atoms with Crippen molar-refractivity contribution in [3.05, 3.63) is 108 Å². The molecule has 162 valence electrons. The Labute approximate surface area is 189 Å². The normalized spacial score (nSPS) is 12.3. The minimum atomic E-state index is -0.580. The number of aromatic hydroxyl groups is 1. The molecule has 4 aromatic rings. The van der Waals surface area contributed by atoms with Gasteiger partial charge in [0.05, 0.1) is 0 Å². The van der Waals surface area contributed by atoms with Gasteiger partial charge < -0.3 is 5.11 Å². The van der Waals surface area contributed by atoms with E-state index in [-0.39, 0.29) is 20.0 Å². The van der Waals surface area contributed by atoms with Crippen LogP contribution in [0.15, 0.2) is 91.0 Å². The van der Waals surface area contributed by atoms with Crippen molar-refractivity contribution < 1.29 is 13.9 Å². The maximum atomic E-state index is 14.5. The van der Waals surface area contributed by atoms with Crippen LogP contribution in [0.1, 0.15) is 31.0 Å². The van der Waals surface area contributed by atoms with Crippen LogP contribution in [0.4, 0.5) is 8.78 Å². The molecule has 0 amide bonds. The molecule has 0 aliphatic carbocycles. The van der Waals surface area contributed by atoms with Crippen molar-refractivity contribution in [2.24, 2.45) is 0 Å². The standard InChI is InChI=1S/C28H25F2OP/c1-2-9-26(32-27-15-14-22(29)18-25(27)30)24-17-21(19-10-5-3-6-11-19)16-23(28(24)31)20-12-7-4-8-13-20/h3-8,10-18,26,31-32H,2,9H2,1H3. The topological polar surface area (TPSA) is 20.2 Å². The van der Waals surface area contributed by atoms with E-state index < -0.39 is 11.6 Å². The summed E-state index contributed by atoms with van der Waals surface area (Å²) in [5, 5.41) is 11.8. The fourth-order valence-electron chi connectivity index (χ4n) is 3.95. The van der Waals surface area contributed by atoms with Crippen molar-refractivity contribution in [3.8, 4) is 28.0 Å². The van der Waals surface area contributed by atoms with Crippen LogP contribution in [0, 0.1) is 11.6 Å². The average Bonchev–Trinajstić information content (AvgIpc) is 2.82. The van der Waals surface area contributed by atoms with E-state index in [1.807, 2.05) is 72.8 Å². The first-order valence-corrected chi connectivity index (χ1v) is 11.8. The maximum absolute atomic E-state index is 14.5. The Bertz CT molecular complexity index is 1190. The number of phenolic OH excluding ortho intramolecular Hbond substituents is 1. The molecule has 4 aromatic carbocycles. The van der Waals surface area contributed by atoms with Crippen LogP contribution in [0.5, 0.6) is 5.75 Å². The van der Waals surface area contributed by atoms with Crippen molar-refractivity contribution in [2.75, 3.05) is 0 Å². The molecule has 0 fully saturated rings. The lowest BCUT2D eigenvalue weighted by atomic mass is 9.93. The van der Waals surface area contributed by atoms with Gasteiger partial charge in [-0.1, -0.05) is 82.6 Å². The summed E-state index contributed by atoms with van der Waals surface area (Å²) >= 11 is 0. The van der Waals surface area contributed by atoms with Crippen LogP contribution in [0.3, 0.4) is 0 Å². The number of hydrogen-bond acceptors (Lipinski definition) is 1. The molecule has 0 bridgehead atoms. The van der Waals surface area contributed by atoms with E-state index >= 15 is 0 Å². The molecule has 2 atom stereocenters. The fraction of sp³-hybridized carbons (Fsp3) is 0.143. The Morgan fingerprint density at radius 1 is 0.781 bits per heavy atom. The third kappa shape index (κ3) is 4.89. The molecule has 0 saturated carbocycles. The largest absolute Gasteiger partial charge is 0.507 e. The smallest absolute Gasteiger partial charge is 0.133 e. The van der Waals surface area contributed by atoms with Gasteiger partial charge in [-0.05, 0) is 47.4 Å². The van der Waals surface area contributed by atoms with Gasteiger partial charge in [0.1, 0.15) is 17.4 Å². The lowest BCUT2D eigenvalue weighted by Crippen LogP contribution is -2.06. The number of benzene rings is 4. The maximum Gasteiger partial charge on any atom is 0.133 e. The quantitative estimate of drug-likeness (QED) is 0.287. The Hall–Kier alpha value is -3.03. The van der Waals surface area contributed by atoms with Gasteiger partial charge in [0, 0.05) is 28.2 Å². The van der Waals surface area contributed by atoms with Crippen molar-refractivity contribution >= 4 is 13.9 Å². The highest BCUT2D eigenvalue weighted by atomic mass is 31.1. The molecular weight excluding hydrogens is 421 g/mol. The zero-order chi connectivity index (χ0) is 22.5. The Morgan fingerprint density at radius 3 is 2.06 bits per heavy atom. The zero-order valence-corrected chi connectivity index (χ0v) is 18.9. The summed E-state index contributed by atoms with van der Waals surface area (Å²) in [4.78, 5) is 0. The summed E-state index contributed by atoms with van der Waals surface area (Å²) < 4.78 is 27.9. The fourth-order valence-corrected chi connectivity index (χ4v) is 5.52. The molecule has 32 heavy (non-hydrogen) atoms. The first-order valence-electron chi connectivity index (χ1n) is 10.8. The van der Waals surface area contributed by atoms with Crippen LogP contribution in [-0.2, 0) is 0 Å². The summed E-state index contributed by atoms with van der Waals surface area (Å²) in [7, 11) is 0.0778. The molecule has 2 unspecified atom stereocenters. The molecular formula is C28H25F2OP. The van der Waals surface area contributed by atoms with Crippen molar-refractivity contribution in [1.82, 2.24) is 0 Å². The second kappa shape index (κ2) is 10.1. The molecule has 0 aliphatic rings. The van der Waals surface area contributed by atoms with Crippen molar-refractivity contribution in [2.45, 2.75) is 25.4 Å². The molecule has 4 rings (SSSR count). The summed E-state index contributed by atoms with van der Waals surface area (Å²) in [5.41, 5.74) is 4.46. The van der Waals surface area contributed by atoms with Gasteiger partial charge in [-0.15, -0.1) is 0 Å². The lowest BCUT2D eigenvalue weighted by molar-refractivity contribution is 0.468. The van der Waals surface area contributed by atoms with Gasteiger partial charge >= 0.3 is 0 Å². The monoisotopic (exact) mass is 446 g/mol. The third-order valence-electron chi connectivity index (χ3n) is 5.54. The number of phenols is 1. The Morgan fingerprint density at radius 2 is 1.44 bits per heavy atom. The number of hydrogen-bond donors (Lipinski definition) is 1. The van der Waals surface area contributed by atoms with Crippen molar-refractivity contribution in [3.63, 3.8) is 0 Å². The predicted octanol–water partition coefficient (Wildman–Crippen LogP) is 7.85. The molecule has 1 nitrogen and oxygen atoms in total. The van der Waals surface area contributed by atoms with E-state index in [1.165, 1.54) is 12.1 Å². The lowest BCUT2D eigenvalue weighted by Gasteiger charge is -2.22.